The number of halogens is 2. The number of nitrogens with zero attached hydrogens (tertiary/aromatic N) is 2. The molecule has 2 aliphatic heterocycles. The Bertz CT molecular complexity index is 610. The zero-order valence-corrected chi connectivity index (χ0v) is 16.0. The second-order valence-electron chi connectivity index (χ2n) is 6.85. The number of hydrazone groups is 1. The lowest BCUT2D eigenvalue weighted by atomic mass is 9.86. The molecular formula is C18H25Cl2N3O. The molecule has 0 saturated carbocycles. The van der Waals surface area contributed by atoms with E-state index in [1.54, 1.807) is 0 Å². The van der Waals surface area contributed by atoms with Gasteiger partial charge in [0.15, 0.2) is 5.75 Å². The number of hydrogen-bond acceptors (Lipinski definition) is 4. The topological polar surface area (TPSA) is 36.9 Å². The lowest BCUT2D eigenvalue weighted by molar-refractivity contribution is 0.228. The molecule has 2 aliphatic rings. The van der Waals surface area contributed by atoms with Crippen LogP contribution in [0.3, 0.4) is 0 Å². The van der Waals surface area contributed by atoms with Crippen molar-refractivity contribution in [3.63, 3.8) is 0 Å². The molecule has 0 spiro atoms. The quantitative estimate of drug-likeness (QED) is 0.829. The molecule has 0 bridgehead atoms. The van der Waals surface area contributed by atoms with Crippen LogP contribution in [0.4, 0.5) is 0 Å². The highest BCUT2D eigenvalue weighted by Crippen LogP contribution is 2.40. The first kappa shape index (κ1) is 17.8. The second kappa shape index (κ2) is 7.51. The first-order chi connectivity index (χ1) is 11.5. The van der Waals surface area contributed by atoms with Gasteiger partial charge in [-0.1, -0.05) is 30.1 Å². The van der Waals surface area contributed by atoms with E-state index in [0.29, 0.717) is 21.7 Å². The minimum atomic E-state index is 0.0336. The minimum absolute atomic E-state index is 0.0336. The van der Waals surface area contributed by atoms with Gasteiger partial charge in [0.2, 0.25) is 0 Å². The van der Waals surface area contributed by atoms with Crippen LogP contribution in [0.15, 0.2) is 17.2 Å². The van der Waals surface area contributed by atoms with Gasteiger partial charge in [0.05, 0.1) is 22.2 Å². The highest BCUT2D eigenvalue weighted by Gasteiger charge is 2.37. The Balaban J connectivity index is 1.82. The van der Waals surface area contributed by atoms with Crippen molar-refractivity contribution in [3.05, 3.63) is 27.7 Å². The zero-order chi connectivity index (χ0) is 17.3. The van der Waals surface area contributed by atoms with Gasteiger partial charge in [-0.2, -0.15) is 5.10 Å². The van der Waals surface area contributed by atoms with Crippen LogP contribution < -0.4 is 10.2 Å². The smallest absolute Gasteiger partial charge is 0.156 e. The molecule has 1 aromatic carbocycles. The highest BCUT2D eigenvalue weighted by atomic mass is 35.5. The molecular weight excluding hydrogens is 345 g/mol. The molecule has 0 radical (unpaired) electrons. The molecule has 1 N–H and O–H groups in total. The number of fused-ring (bicyclic) bond motifs is 1. The van der Waals surface area contributed by atoms with Crippen LogP contribution in [-0.4, -0.2) is 36.3 Å². The van der Waals surface area contributed by atoms with Crippen molar-refractivity contribution in [1.29, 1.82) is 0 Å². The zero-order valence-electron chi connectivity index (χ0n) is 14.5. The average molecular weight is 370 g/mol. The fraction of sp³-hybridized carbons (Fsp3) is 0.611. The van der Waals surface area contributed by atoms with Crippen LogP contribution in [0.5, 0.6) is 5.75 Å². The van der Waals surface area contributed by atoms with Crippen molar-refractivity contribution >= 4 is 28.9 Å². The van der Waals surface area contributed by atoms with Gasteiger partial charge < -0.3 is 15.1 Å². The molecule has 6 heteroatoms. The third-order valence-electron chi connectivity index (χ3n) is 4.59. The predicted octanol–water partition coefficient (Wildman–Crippen LogP) is 4.51. The minimum Gasteiger partial charge on any atom is -0.488 e. The van der Waals surface area contributed by atoms with Gasteiger partial charge in [0, 0.05) is 31.1 Å². The summed E-state index contributed by atoms with van der Waals surface area (Å²) in [6.45, 7) is 9.41. The normalized spacial score (nSPS) is 23.8. The highest BCUT2D eigenvalue weighted by molar-refractivity contribution is 6.37. The summed E-state index contributed by atoms with van der Waals surface area (Å²) in [5, 5.41) is 5.68. The summed E-state index contributed by atoms with van der Waals surface area (Å²) in [7, 11) is 0. The summed E-state index contributed by atoms with van der Waals surface area (Å²) >= 11 is 12.9. The van der Waals surface area contributed by atoms with Crippen LogP contribution in [0, 0.1) is 5.92 Å². The maximum Gasteiger partial charge on any atom is 0.156 e. The Hall–Kier alpha value is -0.970. The van der Waals surface area contributed by atoms with Crippen molar-refractivity contribution in [3.8, 4) is 5.75 Å². The number of likely N-dealkylation sites (tertiary alicyclic amines) is 1. The van der Waals surface area contributed by atoms with E-state index in [1.807, 2.05) is 26.0 Å². The lowest BCUT2D eigenvalue weighted by Crippen LogP contribution is -2.42. The summed E-state index contributed by atoms with van der Waals surface area (Å²) in [4.78, 5) is 2.52. The van der Waals surface area contributed by atoms with Crippen molar-refractivity contribution in [1.82, 2.24) is 10.3 Å². The Morgan fingerprint density at radius 3 is 2.67 bits per heavy atom. The maximum absolute atomic E-state index is 6.43. The molecule has 1 fully saturated rings. The SMILES string of the molecule is CCCN1CCC2=NNC(c3cc(Cl)c(OC(C)C)c(Cl)c3)C2C1. The molecule has 0 aromatic heterocycles. The first-order valence-electron chi connectivity index (χ1n) is 8.69. The van der Waals surface area contributed by atoms with E-state index in [9.17, 15) is 0 Å². The summed E-state index contributed by atoms with van der Waals surface area (Å²) in [5.74, 6) is 0.946. The predicted molar refractivity (Wildman–Crippen MR) is 100 cm³/mol. The van der Waals surface area contributed by atoms with Gasteiger partial charge in [-0.15, -0.1) is 0 Å². The summed E-state index contributed by atoms with van der Waals surface area (Å²) < 4.78 is 5.73. The third-order valence-corrected chi connectivity index (χ3v) is 5.15. The van der Waals surface area contributed by atoms with Crippen molar-refractivity contribution < 1.29 is 4.74 Å². The largest absolute Gasteiger partial charge is 0.488 e. The molecule has 2 atom stereocenters. The summed E-state index contributed by atoms with van der Waals surface area (Å²) in [6, 6.07) is 4.04. The Morgan fingerprint density at radius 1 is 1.33 bits per heavy atom. The molecule has 2 unspecified atom stereocenters. The fourth-order valence-corrected chi connectivity index (χ4v) is 4.14. The fourth-order valence-electron chi connectivity index (χ4n) is 3.55. The van der Waals surface area contributed by atoms with Crippen LogP contribution in [-0.2, 0) is 0 Å². The van der Waals surface area contributed by atoms with Crippen LogP contribution in [0.25, 0.3) is 0 Å². The van der Waals surface area contributed by atoms with Gasteiger partial charge >= 0.3 is 0 Å². The van der Waals surface area contributed by atoms with Gasteiger partial charge in [-0.05, 0) is 44.5 Å². The van der Waals surface area contributed by atoms with Gasteiger partial charge in [0.1, 0.15) is 0 Å². The van der Waals surface area contributed by atoms with Crippen LogP contribution >= 0.6 is 23.2 Å². The molecule has 1 aromatic rings. The van der Waals surface area contributed by atoms with E-state index in [2.05, 4.69) is 22.4 Å². The third kappa shape index (κ3) is 3.66. The van der Waals surface area contributed by atoms with Crippen LogP contribution in [0.2, 0.25) is 10.0 Å². The van der Waals surface area contributed by atoms with Crippen molar-refractivity contribution in [2.24, 2.45) is 11.0 Å². The van der Waals surface area contributed by atoms with E-state index in [0.717, 1.165) is 31.6 Å². The number of nitrogens with one attached hydrogen (secondary N) is 1. The Labute approximate surface area is 154 Å². The molecule has 2 heterocycles. The van der Waals surface area contributed by atoms with Crippen molar-refractivity contribution in [2.75, 3.05) is 19.6 Å². The number of benzene rings is 1. The molecule has 132 valence electrons. The van der Waals surface area contributed by atoms with Crippen LogP contribution in [0.1, 0.15) is 45.2 Å². The standard InChI is InChI=1S/C18H25Cl2N3O/c1-4-6-23-7-5-16-13(10-23)17(22-21-16)12-8-14(19)18(15(20)9-12)24-11(2)3/h8-9,11,13,17,22H,4-7,10H2,1-3H3. The van der Waals surface area contributed by atoms with E-state index in [4.69, 9.17) is 27.9 Å². The molecule has 1 saturated heterocycles. The molecule has 3 rings (SSSR count). The van der Waals surface area contributed by atoms with E-state index < -0.39 is 0 Å². The average Bonchev–Trinajstić information content (AvgIpc) is 2.94. The summed E-state index contributed by atoms with van der Waals surface area (Å²) in [5.41, 5.74) is 5.63. The van der Waals surface area contributed by atoms with Gasteiger partial charge in [0.25, 0.3) is 0 Å². The Morgan fingerprint density at radius 2 is 2.04 bits per heavy atom. The number of rotatable bonds is 5. The molecule has 0 aliphatic carbocycles. The van der Waals surface area contributed by atoms with E-state index >= 15 is 0 Å². The monoisotopic (exact) mass is 369 g/mol. The van der Waals surface area contributed by atoms with E-state index in [-0.39, 0.29) is 12.1 Å². The summed E-state index contributed by atoms with van der Waals surface area (Å²) in [6.07, 6.45) is 2.24. The van der Waals surface area contributed by atoms with E-state index in [1.165, 1.54) is 12.1 Å². The number of ether oxygens (including phenoxy) is 1. The van der Waals surface area contributed by atoms with Gasteiger partial charge in [-0.25, -0.2) is 0 Å². The maximum atomic E-state index is 6.43. The second-order valence-corrected chi connectivity index (χ2v) is 7.66. The van der Waals surface area contributed by atoms with Gasteiger partial charge in [-0.3, -0.25) is 0 Å². The number of hydrogen-bond donors (Lipinski definition) is 1. The number of piperidine rings is 1. The lowest BCUT2D eigenvalue weighted by Gasteiger charge is -2.33. The Kier molecular flexibility index (Phi) is 5.58. The molecule has 0 amide bonds. The molecule has 24 heavy (non-hydrogen) atoms. The first-order valence-corrected chi connectivity index (χ1v) is 9.45. The van der Waals surface area contributed by atoms with Crippen molar-refractivity contribution in [2.45, 2.75) is 45.8 Å². The molecule has 4 nitrogen and oxygen atoms in total.